The monoisotopic (exact) mass is 217 g/mol. The molecule has 4 nitrogen and oxygen atoms in total. The zero-order valence-electron chi connectivity index (χ0n) is 9.39. The van der Waals surface area contributed by atoms with Crippen molar-refractivity contribution in [2.75, 3.05) is 38.2 Å². The Labute approximate surface area is 95.6 Å². The molecule has 16 heavy (non-hydrogen) atoms. The van der Waals surface area contributed by atoms with Gasteiger partial charge in [0.1, 0.15) is 5.75 Å². The summed E-state index contributed by atoms with van der Waals surface area (Å²) in [5, 5.41) is 8.77. The third kappa shape index (κ3) is 2.19. The SMILES string of the molecule is COc1cccc(N2CCN(C#N)CC2)c1. The summed E-state index contributed by atoms with van der Waals surface area (Å²) in [4.78, 5) is 4.06. The van der Waals surface area contributed by atoms with E-state index < -0.39 is 0 Å². The van der Waals surface area contributed by atoms with E-state index in [4.69, 9.17) is 10.00 Å². The van der Waals surface area contributed by atoms with Crippen LogP contribution in [0, 0.1) is 11.5 Å². The molecule has 0 radical (unpaired) electrons. The minimum atomic E-state index is 0.799. The number of piperazine rings is 1. The van der Waals surface area contributed by atoms with E-state index in [1.807, 2.05) is 18.2 Å². The van der Waals surface area contributed by atoms with Gasteiger partial charge in [0.15, 0.2) is 6.19 Å². The molecule has 0 aliphatic carbocycles. The van der Waals surface area contributed by atoms with Gasteiger partial charge < -0.3 is 14.5 Å². The molecular weight excluding hydrogens is 202 g/mol. The molecule has 4 heteroatoms. The Morgan fingerprint density at radius 3 is 2.62 bits per heavy atom. The van der Waals surface area contributed by atoms with Crippen LogP contribution in [0.5, 0.6) is 5.75 Å². The fraction of sp³-hybridized carbons (Fsp3) is 0.417. The first-order chi connectivity index (χ1) is 7.83. The number of anilines is 1. The van der Waals surface area contributed by atoms with Gasteiger partial charge in [-0.3, -0.25) is 0 Å². The van der Waals surface area contributed by atoms with Gasteiger partial charge in [0, 0.05) is 37.9 Å². The van der Waals surface area contributed by atoms with Crippen molar-refractivity contribution in [1.82, 2.24) is 4.90 Å². The van der Waals surface area contributed by atoms with Gasteiger partial charge >= 0.3 is 0 Å². The number of hydrogen-bond acceptors (Lipinski definition) is 4. The maximum atomic E-state index is 8.77. The van der Waals surface area contributed by atoms with Gasteiger partial charge in [-0.15, -0.1) is 0 Å². The van der Waals surface area contributed by atoms with Crippen LogP contribution in [0.2, 0.25) is 0 Å². The second kappa shape index (κ2) is 4.75. The number of nitriles is 1. The number of methoxy groups -OCH3 is 1. The van der Waals surface area contributed by atoms with Crippen molar-refractivity contribution < 1.29 is 4.74 Å². The predicted octanol–water partition coefficient (Wildman–Crippen LogP) is 1.30. The molecule has 1 aliphatic heterocycles. The molecule has 0 saturated carbocycles. The normalized spacial score (nSPS) is 15.8. The number of hydrogen-bond donors (Lipinski definition) is 0. The average Bonchev–Trinajstić information content (AvgIpc) is 2.39. The zero-order valence-corrected chi connectivity index (χ0v) is 9.39. The topological polar surface area (TPSA) is 39.5 Å². The van der Waals surface area contributed by atoms with Crippen molar-refractivity contribution in [3.05, 3.63) is 24.3 Å². The van der Waals surface area contributed by atoms with Crippen LogP contribution in [0.3, 0.4) is 0 Å². The summed E-state index contributed by atoms with van der Waals surface area (Å²) >= 11 is 0. The van der Waals surface area contributed by atoms with E-state index >= 15 is 0 Å². The summed E-state index contributed by atoms with van der Waals surface area (Å²) in [5.41, 5.74) is 1.16. The summed E-state index contributed by atoms with van der Waals surface area (Å²) in [5.74, 6) is 0.875. The molecule has 84 valence electrons. The molecule has 0 amide bonds. The highest BCUT2D eigenvalue weighted by Crippen LogP contribution is 2.21. The molecule has 1 heterocycles. The minimum absolute atomic E-state index is 0.799. The fourth-order valence-corrected chi connectivity index (χ4v) is 1.87. The molecule has 1 aliphatic rings. The fourth-order valence-electron chi connectivity index (χ4n) is 1.87. The lowest BCUT2D eigenvalue weighted by atomic mass is 10.2. The molecule has 0 spiro atoms. The van der Waals surface area contributed by atoms with Crippen molar-refractivity contribution >= 4 is 5.69 Å². The van der Waals surface area contributed by atoms with Crippen LogP contribution >= 0.6 is 0 Å². The van der Waals surface area contributed by atoms with Gasteiger partial charge in [0.25, 0.3) is 0 Å². The van der Waals surface area contributed by atoms with Crippen LogP contribution in [0.4, 0.5) is 5.69 Å². The van der Waals surface area contributed by atoms with Gasteiger partial charge in [-0.05, 0) is 12.1 Å². The molecule has 2 rings (SSSR count). The first-order valence-corrected chi connectivity index (χ1v) is 5.37. The van der Waals surface area contributed by atoms with Crippen molar-refractivity contribution in [2.24, 2.45) is 0 Å². The van der Waals surface area contributed by atoms with Gasteiger partial charge in [0.2, 0.25) is 0 Å². The molecule has 0 bridgehead atoms. The van der Waals surface area contributed by atoms with Gasteiger partial charge in [-0.2, -0.15) is 5.26 Å². The van der Waals surface area contributed by atoms with Crippen LogP contribution < -0.4 is 9.64 Å². The van der Waals surface area contributed by atoms with Crippen molar-refractivity contribution in [1.29, 1.82) is 5.26 Å². The molecule has 1 aromatic rings. The van der Waals surface area contributed by atoms with E-state index in [-0.39, 0.29) is 0 Å². The smallest absolute Gasteiger partial charge is 0.179 e. The molecule has 0 N–H and O–H groups in total. The lowest BCUT2D eigenvalue weighted by Crippen LogP contribution is -2.44. The highest BCUT2D eigenvalue weighted by Gasteiger charge is 2.15. The third-order valence-electron chi connectivity index (χ3n) is 2.84. The third-order valence-corrected chi connectivity index (χ3v) is 2.84. The molecule has 1 fully saturated rings. The number of nitrogens with zero attached hydrogens (tertiary/aromatic N) is 3. The summed E-state index contributed by atoms with van der Waals surface area (Å²) in [6.07, 6.45) is 2.18. The Balaban J connectivity index is 2.05. The quantitative estimate of drug-likeness (QED) is 0.700. The van der Waals surface area contributed by atoms with Crippen LogP contribution in [-0.4, -0.2) is 38.2 Å². The van der Waals surface area contributed by atoms with Crippen LogP contribution in [0.1, 0.15) is 0 Å². The average molecular weight is 217 g/mol. The first kappa shape index (κ1) is 10.6. The van der Waals surface area contributed by atoms with Crippen molar-refractivity contribution in [3.63, 3.8) is 0 Å². The summed E-state index contributed by atoms with van der Waals surface area (Å²) in [6, 6.07) is 8.03. The van der Waals surface area contributed by atoms with Crippen LogP contribution in [0.15, 0.2) is 24.3 Å². The van der Waals surface area contributed by atoms with Gasteiger partial charge in [-0.25, -0.2) is 0 Å². The maximum Gasteiger partial charge on any atom is 0.179 e. The standard InChI is InChI=1S/C12H15N3O/c1-16-12-4-2-3-11(9-12)15-7-5-14(10-13)6-8-15/h2-4,9H,5-8H2,1H3. The minimum Gasteiger partial charge on any atom is -0.497 e. The van der Waals surface area contributed by atoms with E-state index in [0.717, 1.165) is 37.6 Å². The lowest BCUT2D eigenvalue weighted by molar-refractivity contribution is 0.362. The molecule has 1 saturated heterocycles. The summed E-state index contributed by atoms with van der Waals surface area (Å²) in [6.45, 7) is 3.38. The Morgan fingerprint density at radius 1 is 1.25 bits per heavy atom. The highest BCUT2D eigenvalue weighted by atomic mass is 16.5. The van der Waals surface area contributed by atoms with E-state index in [9.17, 15) is 0 Å². The zero-order chi connectivity index (χ0) is 11.4. The van der Waals surface area contributed by atoms with E-state index in [2.05, 4.69) is 17.2 Å². The van der Waals surface area contributed by atoms with Gasteiger partial charge in [-0.1, -0.05) is 6.07 Å². The molecule has 0 aromatic heterocycles. The lowest BCUT2D eigenvalue weighted by Gasteiger charge is -2.33. The van der Waals surface area contributed by atoms with E-state index in [1.165, 1.54) is 0 Å². The Kier molecular flexibility index (Phi) is 3.16. The molecule has 0 unspecified atom stereocenters. The maximum absolute atomic E-state index is 8.77. The van der Waals surface area contributed by atoms with E-state index in [1.54, 1.807) is 12.0 Å². The second-order valence-corrected chi connectivity index (χ2v) is 3.78. The Morgan fingerprint density at radius 2 is 2.00 bits per heavy atom. The molecule has 1 aromatic carbocycles. The number of benzene rings is 1. The Hall–Kier alpha value is -1.89. The second-order valence-electron chi connectivity index (χ2n) is 3.78. The van der Waals surface area contributed by atoms with Gasteiger partial charge in [0.05, 0.1) is 7.11 Å². The van der Waals surface area contributed by atoms with Crippen LogP contribution in [-0.2, 0) is 0 Å². The first-order valence-electron chi connectivity index (χ1n) is 5.37. The summed E-state index contributed by atoms with van der Waals surface area (Å²) < 4.78 is 5.20. The highest BCUT2D eigenvalue weighted by molar-refractivity contribution is 5.51. The predicted molar refractivity (Wildman–Crippen MR) is 62.4 cm³/mol. The largest absolute Gasteiger partial charge is 0.497 e. The molecular formula is C12H15N3O. The number of rotatable bonds is 2. The Bertz CT molecular complexity index is 391. The summed E-state index contributed by atoms with van der Waals surface area (Å²) in [7, 11) is 1.67. The molecule has 0 atom stereocenters. The van der Waals surface area contributed by atoms with E-state index in [0.29, 0.717) is 0 Å². The number of ether oxygens (including phenoxy) is 1. The van der Waals surface area contributed by atoms with Crippen LogP contribution in [0.25, 0.3) is 0 Å². The van der Waals surface area contributed by atoms with Crippen molar-refractivity contribution in [2.45, 2.75) is 0 Å². The van der Waals surface area contributed by atoms with Crippen molar-refractivity contribution in [3.8, 4) is 11.9 Å².